The van der Waals surface area contributed by atoms with Crippen molar-refractivity contribution in [3.05, 3.63) is 129 Å². The predicted octanol–water partition coefficient (Wildman–Crippen LogP) is 13.5. The molecule has 0 nitrogen and oxygen atoms in total. The first kappa shape index (κ1) is 33.1. The van der Waals surface area contributed by atoms with E-state index in [1.807, 2.05) is 0 Å². The molecule has 4 aromatic carbocycles. The number of hydrogen-bond donors (Lipinski definition) is 0. The maximum atomic E-state index is 2.57. The third-order valence-electron chi connectivity index (χ3n) is 11.7. The fourth-order valence-corrected chi connectivity index (χ4v) is 13.5. The fourth-order valence-electron chi connectivity index (χ4n) is 9.02. The lowest BCUT2D eigenvalue weighted by molar-refractivity contribution is 0.381. The van der Waals surface area contributed by atoms with E-state index in [0.29, 0.717) is 11.1 Å². The zero-order chi connectivity index (χ0) is 33.8. The smallest absolute Gasteiger partial charge is 0.0681 e. The minimum atomic E-state index is -0.904. The van der Waals surface area contributed by atoms with Crippen molar-refractivity contribution < 1.29 is 0 Å². The third kappa shape index (κ3) is 6.24. The monoisotopic (exact) mass is 647 g/mol. The van der Waals surface area contributed by atoms with Crippen molar-refractivity contribution in [3.63, 3.8) is 0 Å². The fraction of sp³-hybridized carbons (Fsp3) is 0.404. The molecule has 1 fully saturated rings. The molecule has 2 unspecified atom stereocenters. The highest BCUT2D eigenvalue weighted by Crippen LogP contribution is 2.52. The molecule has 0 aromatic heterocycles. The third-order valence-corrected chi connectivity index (χ3v) is 15.7. The Morgan fingerprint density at radius 1 is 0.542 bits per heavy atom. The van der Waals surface area contributed by atoms with E-state index in [9.17, 15) is 0 Å². The molecule has 2 atom stereocenters. The topological polar surface area (TPSA) is 0 Å². The van der Waals surface area contributed by atoms with E-state index in [1.165, 1.54) is 82.7 Å². The highest BCUT2D eigenvalue weighted by molar-refractivity contribution is 6.64. The number of rotatable bonds is 6. The maximum Gasteiger partial charge on any atom is 0.0752 e. The van der Waals surface area contributed by atoms with Gasteiger partial charge in [-0.2, -0.15) is 0 Å². The summed E-state index contributed by atoms with van der Waals surface area (Å²) in [7, 11) is -0.904. The lowest BCUT2D eigenvalue weighted by Crippen LogP contribution is -2.34. The van der Waals surface area contributed by atoms with Crippen LogP contribution in [0.1, 0.15) is 132 Å². The number of allylic oxidation sites excluding steroid dienone is 2. The van der Waals surface area contributed by atoms with Crippen LogP contribution in [0, 0.1) is 5.92 Å². The van der Waals surface area contributed by atoms with E-state index in [2.05, 4.69) is 152 Å². The van der Waals surface area contributed by atoms with Crippen LogP contribution in [0.3, 0.4) is 0 Å². The zero-order valence-electron chi connectivity index (χ0n) is 30.7. The summed E-state index contributed by atoms with van der Waals surface area (Å²) in [5.74, 6) is 0.864. The van der Waals surface area contributed by atoms with E-state index >= 15 is 0 Å². The first-order valence-electron chi connectivity index (χ1n) is 18.6. The first-order valence-corrected chi connectivity index (χ1v) is 20.5. The Balaban J connectivity index is 1.29. The first-order chi connectivity index (χ1) is 22.9. The largest absolute Gasteiger partial charge is 0.0752 e. The molecule has 4 aromatic rings. The van der Waals surface area contributed by atoms with Gasteiger partial charge in [-0.15, -0.1) is 0 Å². The second-order valence-corrected chi connectivity index (χ2v) is 19.9. The van der Waals surface area contributed by atoms with Gasteiger partial charge in [0.2, 0.25) is 0 Å². The summed E-state index contributed by atoms with van der Waals surface area (Å²) in [5, 5.41) is 0. The van der Waals surface area contributed by atoms with Crippen LogP contribution in [-0.2, 0) is 10.8 Å². The Morgan fingerprint density at radius 3 is 1.35 bits per heavy atom. The second-order valence-electron chi connectivity index (χ2n) is 17.2. The van der Waals surface area contributed by atoms with Crippen molar-refractivity contribution in [2.24, 2.45) is 5.92 Å². The van der Waals surface area contributed by atoms with Gasteiger partial charge in [-0.05, 0) is 97.3 Å². The van der Waals surface area contributed by atoms with Crippen LogP contribution in [-0.4, -0.2) is 8.80 Å². The van der Waals surface area contributed by atoms with Crippen LogP contribution < -0.4 is 0 Å². The number of hydrogen-bond acceptors (Lipinski definition) is 0. The molecule has 0 heterocycles. The van der Waals surface area contributed by atoms with Gasteiger partial charge in [-0.1, -0.05) is 188 Å². The molecule has 0 saturated heterocycles. The molecular weight excluding hydrogens is 593 g/mol. The molecule has 1 radical (unpaired) electrons. The van der Waals surface area contributed by atoms with E-state index < -0.39 is 8.80 Å². The average molecular weight is 648 g/mol. The van der Waals surface area contributed by atoms with Gasteiger partial charge in [0, 0.05) is 0 Å². The Labute approximate surface area is 293 Å². The van der Waals surface area contributed by atoms with Crippen molar-refractivity contribution in [2.75, 3.05) is 0 Å². The highest BCUT2D eigenvalue weighted by atomic mass is 28.3. The van der Waals surface area contributed by atoms with Crippen LogP contribution in [0.15, 0.2) is 96.1 Å². The minimum absolute atomic E-state index is 0.161. The summed E-state index contributed by atoms with van der Waals surface area (Å²) in [5.41, 5.74) is 19.0. The number of benzene rings is 4. The van der Waals surface area contributed by atoms with Crippen LogP contribution in [0.5, 0.6) is 0 Å². The molecule has 0 aliphatic heterocycles. The van der Waals surface area contributed by atoms with E-state index in [4.69, 9.17) is 0 Å². The summed E-state index contributed by atoms with van der Waals surface area (Å²) in [6.07, 6.45) is 12.2. The predicted molar refractivity (Wildman–Crippen MR) is 211 cm³/mol. The van der Waals surface area contributed by atoms with Gasteiger partial charge in [0.15, 0.2) is 0 Å². The molecule has 1 saturated carbocycles. The summed E-state index contributed by atoms with van der Waals surface area (Å²) in [6.45, 7) is 18.7. The molecule has 0 N–H and O–H groups in total. The van der Waals surface area contributed by atoms with Crippen molar-refractivity contribution in [1.82, 2.24) is 0 Å². The van der Waals surface area contributed by atoms with Crippen LogP contribution in [0.4, 0.5) is 0 Å². The van der Waals surface area contributed by atoms with Gasteiger partial charge in [-0.25, -0.2) is 0 Å². The van der Waals surface area contributed by atoms with Crippen LogP contribution in [0.25, 0.3) is 34.4 Å². The lowest BCUT2D eigenvalue weighted by Gasteiger charge is -2.35. The molecule has 247 valence electrons. The lowest BCUT2D eigenvalue weighted by atomic mass is 9.86. The van der Waals surface area contributed by atoms with Crippen LogP contribution in [0.2, 0.25) is 6.04 Å². The molecule has 1 heteroatoms. The molecule has 3 aliphatic carbocycles. The summed E-state index contributed by atoms with van der Waals surface area (Å²) in [6, 6.07) is 34.6. The summed E-state index contributed by atoms with van der Waals surface area (Å²) < 4.78 is 0. The van der Waals surface area contributed by atoms with Crippen molar-refractivity contribution in [1.29, 1.82) is 0 Å². The van der Waals surface area contributed by atoms with Gasteiger partial charge < -0.3 is 0 Å². The van der Waals surface area contributed by atoms with E-state index in [1.54, 1.807) is 22.3 Å². The van der Waals surface area contributed by atoms with Gasteiger partial charge in [0.1, 0.15) is 0 Å². The normalized spacial score (nSPS) is 19.7. The second kappa shape index (κ2) is 12.8. The van der Waals surface area contributed by atoms with Gasteiger partial charge in [0.25, 0.3) is 0 Å². The van der Waals surface area contributed by atoms with Gasteiger partial charge in [0.05, 0.1) is 8.80 Å². The number of fused-ring (bicyclic) bond motifs is 2. The highest BCUT2D eigenvalue weighted by Gasteiger charge is 2.42. The van der Waals surface area contributed by atoms with Crippen molar-refractivity contribution in [3.8, 4) is 22.3 Å². The van der Waals surface area contributed by atoms with Crippen LogP contribution >= 0.6 is 0 Å². The molecule has 0 amide bonds. The molecule has 48 heavy (non-hydrogen) atoms. The van der Waals surface area contributed by atoms with Crippen molar-refractivity contribution in [2.45, 2.75) is 115 Å². The molecule has 3 aliphatic rings. The quantitative estimate of drug-likeness (QED) is 0.183. The summed E-state index contributed by atoms with van der Waals surface area (Å²) >= 11 is 0. The molecule has 0 bridgehead atoms. The minimum Gasteiger partial charge on any atom is -0.0681 e. The van der Waals surface area contributed by atoms with Gasteiger partial charge >= 0.3 is 0 Å². The van der Waals surface area contributed by atoms with E-state index in [-0.39, 0.29) is 10.8 Å². The molecular formula is C47H55Si. The Kier molecular flexibility index (Phi) is 8.82. The molecule has 0 spiro atoms. The van der Waals surface area contributed by atoms with Gasteiger partial charge in [-0.3, -0.25) is 0 Å². The Hall–Kier alpha value is -3.42. The van der Waals surface area contributed by atoms with E-state index in [0.717, 1.165) is 5.92 Å². The SMILES string of the molecule is CC1=Cc2c(-c3ccc(C(C)(C)C)cc3)cccc2C1[Si](CC1CCCCC1)C1C(C)=Cc2c(-c3ccc(C(C)(C)C)cc3)cccc21. The van der Waals surface area contributed by atoms with Crippen molar-refractivity contribution >= 4 is 20.9 Å². The maximum absolute atomic E-state index is 2.57. The average Bonchev–Trinajstić information content (AvgIpc) is 3.58. The summed E-state index contributed by atoms with van der Waals surface area (Å²) in [4.78, 5) is 0. The zero-order valence-corrected chi connectivity index (χ0v) is 31.7. The Bertz CT molecular complexity index is 1720. The molecule has 7 rings (SSSR count). The Morgan fingerprint density at radius 2 is 0.958 bits per heavy atom. The standard InChI is InChI=1S/C47H55Si/c1-31-28-42-38(34-20-24-36(25-21-34)46(3,4)5)16-12-18-40(42)44(31)48(30-33-14-10-9-11-15-33)45-32(2)29-43-39(17-13-19-41(43)45)35-22-26-37(27-23-35)47(6,7)8/h12-13,16-29,33,44-45H,9-11,14-15,30H2,1-8H3.